The summed E-state index contributed by atoms with van der Waals surface area (Å²) < 4.78 is 11.2. The van der Waals surface area contributed by atoms with Crippen LogP contribution >= 0.6 is 0 Å². The van der Waals surface area contributed by atoms with Crippen LogP contribution in [0.25, 0.3) is 0 Å². The Morgan fingerprint density at radius 3 is 3.00 bits per heavy atom. The molecule has 20 heavy (non-hydrogen) atoms. The molecule has 3 heterocycles. The van der Waals surface area contributed by atoms with Crippen LogP contribution in [-0.4, -0.2) is 53.4 Å². The Labute approximate surface area is 114 Å². The molecule has 0 amide bonds. The monoisotopic (exact) mass is 281 g/mol. The zero-order valence-electron chi connectivity index (χ0n) is 10.8. The molecule has 0 bridgehead atoms. The molecule has 2 N–H and O–H groups in total. The van der Waals surface area contributed by atoms with E-state index in [4.69, 9.17) is 15.2 Å². The van der Waals surface area contributed by atoms with Gasteiger partial charge in [-0.15, -0.1) is 0 Å². The van der Waals surface area contributed by atoms with Crippen LogP contribution in [0.2, 0.25) is 0 Å². The molecule has 0 aromatic carbocycles. The molecule has 0 radical (unpaired) electrons. The van der Waals surface area contributed by atoms with E-state index in [1.165, 1.54) is 0 Å². The highest BCUT2D eigenvalue weighted by molar-refractivity contribution is 5.54. The van der Waals surface area contributed by atoms with Crippen molar-refractivity contribution >= 4 is 17.5 Å². The van der Waals surface area contributed by atoms with Crippen molar-refractivity contribution in [1.82, 2.24) is 9.97 Å². The molecule has 2 aliphatic heterocycles. The number of nitrogens with zero attached hydrogens (tertiary/aromatic N) is 4. The standard InChI is InChI=1S/C11H15N5O4/c12-9-8(16(17)18)5-13-10(14-9)15-2-4-20-11(6-15)1-3-19-7-11/h5H,1-4,6-7H2,(H2,12,13,14). The number of nitrogens with two attached hydrogens (primary N) is 1. The first-order chi connectivity index (χ1) is 9.60. The fourth-order valence-electron chi connectivity index (χ4n) is 2.51. The average molecular weight is 281 g/mol. The third-order valence-corrected chi connectivity index (χ3v) is 3.58. The molecule has 2 aliphatic rings. The molecule has 1 atom stereocenters. The number of nitro groups is 1. The maximum atomic E-state index is 10.7. The zero-order valence-corrected chi connectivity index (χ0v) is 10.8. The molecule has 108 valence electrons. The predicted octanol–water partition coefficient (Wildman–Crippen LogP) is -0.0373. The van der Waals surface area contributed by atoms with Gasteiger partial charge in [0.15, 0.2) is 0 Å². The minimum Gasteiger partial charge on any atom is -0.378 e. The van der Waals surface area contributed by atoms with Crippen molar-refractivity contribution in [1.29, 1.82) is 0 Å². The number of hydrogen-bond acceptors (Lipinski definition) is 8. The Morgan fingerprint density at radius 2 is 2.35 bits per heavy atom. The molecule has 1 aromatic rings. The average Bonchev–Trinajstić information content (AvgIpc) is 2.86. The summed E-state index contributed by atoms with van der Waals surface area (Å²) in [6, 6.07) is 0. The Hall–Kier alpha value is -2.00. The summed E-state index contributed by atoms with van der Waals surface area (Å²) in [4.78, 5) is 20.1. The Kier molecular flexibility index (Phi) is 3.14. The maximum absolute atomic E-state index is 10.7. The van der Waals surface area contributed by atoms with Gasteiger partial charge in [-0.2, -0.15) is 4.98 Å². The first-order valence-electron chi connectivity index (χ1n) is 6.33. The summed E-state index contributed by atoms with van der Waals surface area (Å²) in [6.45, 7) is 3.00. The number of ether oxygens (including phenoxy) is 2. The van der Waals surface area contributed by atoms with Gasteiger partial charge in [0, 0.05) is 19.6 Å². The molecular weight excluding hydrogens is 266 g/mol. The summed E-state index contributed by atoms with van der Waals surface area (Å²) in [5.74, 6) is 0.269. The minimum absolute atomic E-state index is 0.122. The number of aromatic nitrogens is 2. The van der Waals surface area contributed by atoms with E-state index in [2.05, 4.69) is 9.97 Å². The van der Waals surface area contributed by atoms with Crippen LogP contribution in [0.5, 0.6) is 0 Å². The van der Waals surface area contributed by atoms with Crippen LogP contribution in [0.1, 0.15) is 6.42 Å². The summed E-state index contributed by atoms with van der Waals surface area (Å²) in [5.41, 5.74) is 5.00. The first kappa shape index (κ1) is 13.0. The first-order valence-corrected chi connectivity index (χ1v) is 6.33. The van der Waals surface area contributed by atoms with Gasteiger partial charge in [-0.25, -0.2) is 4.98 Å². The second-order valence-electron chi connectivity index (χ2n) is 4.95. The SMILES string of the molecule is Nc1nc(N2CCOC3(CCOC3)C2)ncc1[N+](=O)[O-]. The van der Waals surface area contributed by atoms with E-state index in [1.807, 2.05) is 4.90 Å². The molecule has 2 fully saturated rings. The Morgan fingerprint density at radius 1 is 1.50 bits per heavy atom. The van der Waals surface area contributed by atoms with Gasteiger partial charge in [-0.3, -0.25) is 10.1 Å². The number of morpholine rings is 1. The van der Waals surface area contributed by atoms with Gasteiger partial charge in [-0.05, 0) is 0 Å². The third kappa shape index (κ3) is 2.25. The fourth-order valence-corrected chi connectivity index (χ4v) is 2.51. The molecular formula is C11H15N5O4. The van der Waals surface area contributed by atoms with Gasteiger partial charge in [0.2, 0.25) is 11.8 Å². The van der Waals surface area contributed by atoms with Gasteiger partial charge in [-0.1, -0.05) is 0 Å². The van der Waals surface area contributed by atoms with Gasteiger partial charge in [0.05, 0.1) is 24.7 Å². The van der Waals surface area contributed by atoms with Crippen molar-refractivity contribution in [2.24, 2.45) is 0 Å². The highest BCUT2D eigenvalue weighted by Crippen LogP contribution is 2.29. The van der Waals surface area contributed by atoms with E-state index in [-0.39, 0.29) is 17.1 Å². The lowest BCUT2D eigenvalue weighted by atomic mass is 10.0. The molecule has 0 saturated carbocycles. The van der Waals surface area contributed by atoms with Crippen LogP contribution in [0.3, 0.4) is 0 Å². The molecule has 3 rings (SSSR count). The third-order valence-electron chi connectivity index (χ3n) is 3.58. The molecule has 0 aliphatic carbocycles. The van der Waals surface area contributed by atoms with Crippen LogP contribution in [-0.2, 0) is 9.47 Å². The number of hydrogen-bond donors (Lipinski definition) is 1. The lowest BCUT2D eigenvalue weighted by Crippen LogP contribution is -2.53. The van der Waals surface area contributed by atoms with Gasteiger partial charge in [0.1, 0.15) is 11.8 Å². The lowest BCUT2D eigenvalue weighted by Gasteiger charge is -2.39. The van der Waals surface area contributed by atoms with Gasteiger partial charge < -0.3 is 20.1 Å². The van der Waals surface area contributed by atoms with Crippen molar-refractivity contribution in [2.45, 2.75) is 12.0 Å². The zero-order chi connectivity index (χ0) is 14.2. The lowest BCUT2D eigenvalue weighted by molar-refractivity contribution is -0.384. The fraction of sp³-hybridized carbons (Fsp3) is 0.636. The Balaban J connectivity index is 1.82. The van der Waals surface area contributed by atoms with Crippen molar-refractivity contribution < 1.29 is 14.4 Å². The maximum Gasteiger partial charge on any atom is 0.329 e. The molecule has 9 heteroatoms. The van der Waals surface area contributed by atoms with E-state index >= 15 is 0 Å². The van der Waals surface area contributed by atoms with E-state index in [0.717, 1.165) is 12.6 Å². The molecule has 1 unspecified atom stereocenters. The second-order valence-corrected chi connectivity index (χ2v) is 4.95. The highest BCUT2D eigenvalue weighted by Gasteiger charge is 2.41. The van der Waals surface area contributed by atoms with Crippen molar-refractivity contribution in [3.8, 4) is 0 Å². The van der Waals surface area contributed by atoms with Crippen LogP contribution in [0.4, 0.5) is 17.5 Å². The van der Waals surface area contributed by atoms with Crippen LogP contribution in [0, 0.1) is 10.1 Å². The normalized spacial score (nSPS) is 26.1. The van der Waals surface area contributed by atoms with Crippen LogP contribution < -0.4 is 10.6 Å². The van der Waals surface area contributed by atoms with Crippen molar-refractivity contribution in [3.63, 3.8) is 0 Å². The topological polar surface area (TPSA) is 117 Å². The summed E-state index contributed by atoms with van der Waals surface area (Å²) in [6.07, 6.45) is 1.97. The molecule has 1 aromatic heterocycles. The number of rotatable bonds is 2. The minimum atomic E-state index is -0.593. The van der Waals surface area contributed by atoms with E-state index in [1.54, 1.807) is 0 Å². The highest BCUT2D eigenvalue weighted by atomic mass is 16.6. The van der Waals surface area contributed by atoms with Crippen molar-refractivity contribution in [3.05, 3.63) is 16.3 Å². The van der Waals surface area contributed by atoms with E-state index < -0.39 is 4.92 Å². The number of anilines is 2. The quantitative estimate of drug-likeness (QED) is 0.593. The smallest absolute Gasteiger partial charge is 0.329 e. The van der Waals surface area contributed by atoms with Crippen LogP contribution in [0.15, 0.2) is 6.20 Å². The molecule has 9 nitrogen and oxygen atoms in total. The van der Waals surface area contributed by atoms with E-state index in [0.29, 0.717) is 38.9 Å². The second kappa shape index (κ2) is 4.84. The largest absolute Gasteiger partial charge is 0.378 e. The summed E-state index contributed by atoms with van der Waals surface area (Å²) >= 11 is 0. The summed E-state index contributed by atoms with van der Waals surface area (Å²) in [5, 5.41) is 10.7. The molecule has 1 spiro atoms. The Bertz CT molecular complexity index is 532. The summed E-state index contributed by atoms with van der Waals surface area (Å²) in [7, 11) is 0. The van der Waals surface area contributed by atoms with Crippen molar-refractivity contribution in [2.75, 3.05) is 43.5 Å². The number of nitrogen functional groups attached to an aromatic ring is 1. The predicted molar refractivity (Wildman–Crippen MR) is 69.4 cm³/mol. The van der Waals surface area contributed by atoms with Gasteiger partial charge in [0.25, 0.3) is 0 Å². The molecule has 2 saturated heterocycles. The van der Waals surface area contributed by atoms with E-state index in [9.17, 15) is 10.1 Å². The van der Waals surface area contributed by atoms with Gasteiger partial charge >= 0.3 is 5.69 Å².